The van der Waals surface area contributed by atoms with Crippen LogP contribution in [0.4, 0.5) is 0 Å². The van der Waals surface area contributed by atoms with Crippen LogP contribution in [0.1, 0.15) is 12.0 Å². The van der Waals surface area contributed by atoms with Crippen molar-refractivity contribution in [3.8, 4) is 17.2 Å². The van der Waals surface area contributed by atoms with E-state index in [0.717, 1.165) is 31.7 Å². The number of methoxy groups -OCH3 is 3. The van der Waals surface area contributed by atoms with Crippen LogP contribution in [0.5, 0.6) is 17.2 Å². The first-order valence-electron chi connectivity index (χ1n) is 9.57. The van der Waals surface area contributed by atoms with Crippen molar-refractivity contribution in [1.29, 1.82) is 0 Å². The molecule has 1 unspecified atom stereocenters. The molecule has 9 nitrogen and oxygen atoms in total. The minimum atomic E-state index is -0.0310. The van der Waals surface area contributed by atoms with Gasteiger partial charge in [-0.2, -0.15) is 0 Å². The number of rotatable bonds is 9. The van der Waals surface area contributed by atoms with Gasteiger partial charge in [-0.3, -0.25) is 4.79 Å². The average molecular weight is 536 g/mol. The number of amides is 1. The number of carbonyl (C=O) groups excluding carboxylic acids is 1. The number of aliphatic imine (C=N–C) groups is 1. The number of carbonyl (C=O) groups is 1. The topological polar surface area (TPSA) is 93.7 Å². The number of nitrogens with zero attached hydrogens (tertiary/aromatic N) is 2. The zero-order valence-electron chi connectivity index (χ0n) is 18.3. The number of ether oxygens (including phenoxy) is 4. The number of likely N-dealkylation sites (N-methyl/N-ethyl adjacent to an activating group) is 1. The van der Waals surface area contributed by atoms with Gasteiger partial charge in [-0.15, -0.1) is 24.0 Å². The van der Waals surface area contributed by atoms with Gasteiger partial charge in [0.1, 0.15) is 0 Å². The summed E-state index contributed by atoms with van der Waals surface area (Å²) in [5.74, 6) is 2.66. The van der Waals surface area contributed by atoms with E-state index in [1.54, 1.807) is 35.4 Å². The molecular formula is C20H33IN4O5. The minimum Gasteiger partial charge on any atom is -0.493 e. The molecule has 0 saturated carbocycles. The molecule has 0 aliphatic carbocycles. The number of nitrogens with one attached hydrogen (secondary N) is 2. The molecule has 1 atom stereocenters. The summed E-state index contributed by atoms with van der Waals surface area (Å²) in [5.41, 5.74) is 0.892. The molecule has 2 rings (SSSR count). The highest BCUT2D eigenvalue weighted by atomic mass is 127. The van der Waals surface area contributed by atoms with E-state index in [4.69, 9.17) is 18.9 Å². The molecule has 1 amide bonds. The van der Waals surface area contributed by atoms with Gasteiger partial charge in [-0.25, -0.2) is 4.99 Å². The second-order valence-electron chi connectivity index (χ2n) is 6.95. The maximum absolute atomic E-state index is 11.9. The zero-order valence-corrected chi connectivity index (χ0v) is 20.6. The van der Waals surface area contributed by atoms with E-state index in [0.29, 0.717) is 35.7 Å². The Balaban J connectivity index is 0.00000450. The Morgan fingerprint density at radius 2 is 1.83 bits per heavy atom. The van der Waals surface area contributed by atoms with Crippen LogP contribution >= 0.6 is 24.0 Å². The van der Waals surface area contributed by atoms with Crippen molar-refractivity contribution in [2.24, 2.45) is 10.9 Å². The smallest absolute Gasteiger partial charge is 0.241 e. The Morgan fingerprint density at radius 1 is 1.17 bits per heavy atom. The summed E-state index contributed by atoms with van der Waals surface area (Å²) in [6.07, 6.45) is 1.02. The molecule has 0 spiro atoms. The van der Waals surface area contributed by atoms with Gasteiger partial charge in [0.25, 0.3) is 0 Å². The average Bonchev–Trinajstić information content (AvgIpc) is 3.25. The normalized spacial score (nSPS) is 15.8. The van der Waals surface area contributed by atoms with Crippen LogP contribution < -0.4 is 24.8 Å². The maximum atomic E-state index is 11.9. The molecule has 1 heterocycles. The summed E-state index contributed by atoms with van der Waals surface area (Å²) < 4.78 is 21.6. The maximum Gasteiger partial charge on any atom is 0.241 e. The molecule has 1 aromatic carbocycles. The fourth-order valence-electron chi connectivity index (χ4n) is 2.87. The van der Waals surface area contributed by atoms with Gasteiger partial charge in [0.05, 0.1) is 41.0 Å². The minimum absolute atomic E-state index is 0. The van der Waals surface area contributed by atoms with E-state index in [9.17, 15) is 4.79 Å². The van der Waals surface area contributed by atoms with Crippen LogP contribution in [-0.4, -0.2) is 78.5 Å². The highest BCUT2D eigenvalue weighted by Gasteiger charge is 2.17. The number of hydrogen-bond acceptors (Lipinski definition) is 6. The van der Waals surface area contributed by atoms with E-state index in [1.807, 2.05) is 12.1 Å². The SMILES string of the molecule is COc1cc(CN=C(NCC(=O)N(C)C)NCC2CCOC2)cc(OC)c1OC.I. The van der Waals surface area contributed by atoms with Crippen LogP contribution in [0.25, 0.3) is 0 Å². The number of hydrogen-bond donors (Lipinski definition) is 2. The summed E-state index contributed by atoms with van der Waals surface area (Å²) in [7, 11) is 8.17. The van der Waals surface area contributed by atoms with E-state index in [2.05, 4.69) is 15.6 Å². The lowest BCUT2D eigenvalue weighted by atomic mass is 10.1. The van der Waals surface area contributed by atoms with Gasteiger partial charge < -0.3 is 34.5 Å². The predicted octanol–water partition coefficient (Wildman–Crippen LogP) is 1.49. The summed E-state index contributed by atoms with van der Waals surface area (Å²) in [6.45, 7) is 2.80. The fourth-order valence-corrected chi connectivity index (χ4v) is 2.87. The molecule has 1 fully saturated rings. The third-order valence-corrected chi connectivity index (χ3v) is 4.63. The first-order valence-corrected chi connectivity index (χ1v) is 9.57. The molecule has 1 saturated heterocycles. The van der Waals surface area contributed by atoms with Crippen LogP contribution in [0.2, 0.25) is 0 Å². The van der Waals surface area contributed by atoms with Crippen LogP contribution in [0.3, 0.4) is 0 Å². The van der Waals surface area contributed by atoms with Crippen molar-refractivity contribution in [2.75, 3.05) is 61.7 Å². The van der Waals surface area contributed by atoms with Crippen LogP contribution in [0.15, 0.2) is 17.1 Å². The largest absolute Gasteiger partial charge is 0.493 e. The van der Waals surface area contributed by atoms with Crippen molar-refractivity contribution in [1.82, 2.24) is 15.5 Å². The fraction of sp³-hybridized carbons (Fsp3) is 0.600. The van der Waals surface area contributed by atoms with Crippen molar-refractivity contribution in [3.63, 3.8) is 0 Å². The molecule has 0 aromatic heterocycles. The molecule has 30 heavy (non-hydrogen) atoms. The van der Waals surface area contributed by atoms with E-state index in [1.165, 1.54) is 4.90 Å². The summed E-state index contributed by atoms with van der Waals surface area (Å²) >= 11 is 0. The lowest BCUT2D eigenvalue weighted by Crippen LogP contribution is -2.44. The Kier molecular flexibility index (Phi) is 11.6. The molecule has 2 N–H and O–H groups in total. The lowest BCUT2D eigenvalue weighted by Gasteiger charge is -2.17. The summed E-state index contributed by atoms with van der Waals surface area (Å²) in [4.78, 5) is 18.1. The van der Waals surface area contributed by atoms with E-state index >= 15 is 0 Å². The van der Waals surface area contributed by atoms with Gasteiger partial charge in [0, 0.05) is 33.2 Å². The molecule has 1 aliphatic rings. The molecule has 0 radical (unpaired) electrons. The van der Waals surface area contributed by atoms with Crippen molar-refractivity contribution in [3.05, 3.63) is 17.7 Å². The molecule has 10 heteroatoms. The Hall–Kier alpha value is -1.95. The second kappa shape index (κ2) is 13.4. The van der Waals surface area contributed by atoms with Gasteiger partial charge in [-0.1, -0.05) is 0 Å². The first-order chi connectivity index (χ1) is 14.0. The molecule has 0 bridgehead atoms. The highest BCUT2D eigenvalue weighted by Crippen LogP contribution is 2.38. The number of benzene rings is 1. The molecule has 1 aromatic rings. The quantitative estimate of drug-likeness (QED) is 0.281. The lowest BCUT2D eigenvalue weighted by molar-refractivity contribution is -0.127. The summed E-state index contributed by atoms with van der Waals surface area (Å²) in [6, 6.07) is 3.72. The van der Waals surface area contributed by atoms with Crippen LogP contribution in [0, 0.1) is 5.92 Å². The van der Waals surface area contributed by atoms with Gasteiger partial charge in [0.2, 0.25) is 11.7 Å². The Bertz CT molecular complexity index is 683. The molecule has 170 valence electrons. The monoisotopic (exact) mass is 536 g/mol. The highest BCUT2D eigenvalue weighted by molar-refractivity contribution is 14.0. The van der Waals surface area contributed by atoms with Crippen LogP contribution in [-0.2, 0) is 16.1 Å². The third-order valence-electron chi connectivity index (χ3n) is 4.63. The van der Waals surface area contributed by atoms with Gasteiger partial charge in [0.15, 0.2) is 17.5 Å². The van der Waals surface area contributed by atoms with Gasteiger partial charge in [-0.05, 0) is 24.1 Å². The molecular weight excluding hydrogens is 503 g/mol. The van der Waals surface area contributed by atoms with Crippen molar-refractivity contribution in [2.45, 2.75) is 13.0 Å². The van der Waals surface area contributed by atoms with Crippen molar-refractivity contribution < 1.29 is 23.7 Å². The first kappa shape index (κ1) is 26.1. The Labute approximate surface area is 195 Å². The second-order valence-corrected chi connectivity index (χ2v) is 6.95. The molecule has 1 aliphatic heterocycles. The Morgan fingerprint density at radius 3 is 2.33 bits per heavy atom. The third kappa shape index (κ3) is 7.71. The van der Waals surface area contributed by atoms with Crippen molar-refractivity contribution >= 4 is 35.8 Å². The van der Waals surface area contributed by atoms with E-state index < -0.39 is 0 Å². The number of guanidine groups is 1. The standard InChI is InChI=1S/C20H32N4O5.HI/c1-24(2)18(25)12-23-20(21-10-14-6-7-29-13-14)22-11-15-8-16(26-3)19(28-5)17(9-15)27-4;/h8-9,14H,6-7,10-13H2,1-5H3,(H2,21,22,23);1H. The van der Waals surface area contributed by atoms with E-state index in [-0.39, 0.29) is 36.4 Å². The van der Waals surface area contributed by atoms with Gasteiger partial charge >= 0.3 is 0 Å². The summed E-state index contributed by atoms with van der Waals surface area (Å²) in [5, 5.41) is 6.40. The number of halogens is 1. The predicted molar refractivity (Wildman–Crippen MR) is 126 cm³/mol. The zero-order chi connectivity index (χ0) is 21.2.